The van der Waals surface area contributed by atoms with Gasteiger partial charge < -0.3 is 38.3 Å². The van der Waals surface area contributed by atoms with E-state index in [0.717, 1.165) is 0 Å². The lowest BCUT2D eigenvalue weighted by Gasteiger charge is -2.29. The molecule has 1 N–H and O–H groups in total. The van der Waals surface area contributed by atoms with E-state index in [9.17, 15) is 9.90 Å². The summed E-state index contributed by atoms with van der Waals surface area (Å²) < 4.78 is 5.47. The Bertz CT molecular complexity index is 208. The number of hydrogen-bond donors (Lipinski definition) is 1. The molecule has 1 fully saturated rings. The van der Waals surface area contributed by atoms with Crippen LogP contribution in [0.25, 0.3) is 0 Å². The number of esters is 1. The lowest BCUT2D eigenvalue weighted by atomic mass is 10.2. The van der Waals surface area contributed by atoms with Crippen LogP contribution in [0.5, 0.6) is 0 Å². The number of nitrogens with zero attached hydrogens (tertiary/aromatic N) is 1. The van der Waals surface area contributed by atoms with Gasteiger partial charge in [0.15, 0.2) is 6.04 Å². The molecule has 4 nitrogen and oxygen atoms in total. The van der Waals surface area contributed by atoms with Crippen molar-refractivity contribution in [2.75, 3.05) is 27.2 Å². The average molecular weight is 315 g/mol. The molecular formula is C9H18INO3. The minimum absolute atomic E-state index is 0. The summed E-state index contributed by atoms with van der Waals surface area (Å²) in [5.74, 6) is -0.191. The van der Waals surface area contributed by atoms with E-state index in [1.807, 2.05) is 14.1 Å². The first kappa shape index (κ1) is 14.1. The standard InChI is InChI=1S/C9H18NO3.HI/c1-4-13-9(12)8-5-7(11)6-10(8,2)3;/h7-8,11H,4-6H2,1-3H3;1H/q+1;/p-1. The zero-order valence-corrected chi connectivity index (χ0v) is 11.0. The van der Waals surface area contributed by atoms with Crippen molar-refractivity contribution >= 4 is 5.97 Å². The van der Waals surface area contributed by atoms with Gasteiger partial charge in [-0.15, -0.1) is 0 Å². The Labute approximate surface area is 102 Å². The highest BCUT2D eigenvalue weighted by molar-refractivity contribution is 5.74. The van der Waals surface area contributed by atoms with Crippen molar-refractivity contribution in [3.05, 3.63) is 0 Å². The smallest absolute Gasteiger partial charge is 0.365 e. The van der Waals surface area contributed by atoms with E-state index in [2.05, 4.69) is 0 Å². The predicted molar refractivity (Wildman–Crippen MR) is 48.0 cm³/mol. The van der Waals surface area contributed by atoms with E-state index >= 15 is 0 Å². The summed E-state index contributed by atoms with van der Waals surface area (Å²) in [4.78, 5) is 11.5. The van der Waals surface area contributed by atoms with Crippen LogP contribution in [0.1, 0.15) is 13.3 Å². The largest absolute Gasteiger partial charge is 1.00 e. The molecule has 0 radical (unpaired) electrons. The topological polar surface area (TPSA) is 46.5 Å². The molecule has 0 bridgehead atoms. The summed E-state index contributed by atoms with van der Waals surface area (Å²) in [5.41, 5.74) is 0. The molecule has 1 aliphatic heterocycles. The molecule has 0 aliphatic carbocycles. The highest BCUT2D eigenvalue weighted by Gasteiger charge is 2.45. The summed E-state index contributed by atoms with van der Waals surface area (Å²) in [6, 6.07) is -0.199. The van der Waals surface area contributed by atoms with E-state index in [0.29, 0.717) is 24.1 Å². The van der Waals surface area contributed by atoms with Crippen LogP contribution >= 0.6 is 0 Å². The van der Waals surface area contributed by atoms with Crippen molar-refractivity contribution in [3.63, 3.8) is 0 Å². The Kier molecular flexibility index (Phi) is 5.32. The quantitative estimate of drug-likeness (QED) is 0.331. The van der Waals surface area contributed by atoms with Crippen LogP contribution < -0.4 is 24.0 Å². The van der Waals surface area contributed by atoms with E-state index < -0.39 is 0 Å². The molecule has 2 atom stereocenters. The zero-order valence-electron chi connectivity index (χ0n) is 8.86. The monoisotopic (exact) mass is 315 g/mol. The molecule has 1 aliphatic rings. The maximum atomic E-state index is 11.5. The maximum Gasteiger partial charge on any atom is 0.365 e. The molecule has 0 aromatic heterocycles. The molecule has 0 saturated carbocycles. The summed E-state index contributed by atoms with van der Waals surface area (Å²) in [6.07, 6.45) is 0.149. The number of aliphatic hydroxyl groups is 1. The molecular weight excluding hydrogens is 297 g/mol. The summed E-state index contributed by atoms with van der Waals surface area (Å²) >= 11 is 0. The Morgan fingerprint density at radius 2 is 2.14 bits per heavy atom. The molecule has 0 aromatic rings. The third-order valence-electron chi connectivity index (χ3n) is 2.58. The molecule has 0 amide bonds. The number of likely N-dealkylation sites (tertiary alicyclic amines) is 1. The SMILES string of the molecule is CCOC(=O)C1CC(O)C[N+]1(C)C.[I-]. The Morgan fingerprint density at radius 1 is 1.57 bits per heavy atom. The van der Waals surface area contributed by atoms with Crippen molar-refractivity contribution in [1.29, 1.82) is 0 Å². The minimum atomic E-state index is -0.371. The molecule has 0 aromatic carbocycles. The van der Waals surface area contributed by atoms with E-state index in [-0.39, 0.29) is 42.1 Å². The summed E-state index contributed by atoms with van der Waals surface area (Å²) in [7, 11) is 3.88. The second kappa shape index (κ2) is 5.27. The molecule has 2 unspecified atom stereocenters. The number of ether oxygens (including phenoxy) is 1. The minimum Gasteiger partial charge on any atom is -1.00 e. The third kappa shape index (κ3) is 3.06. The molecule has 14 heavy (non-hydrogen) atoms. The second-order valence-electron chi connectivity index (χ2n) is 4.12. The van der Waals surface area contributed by atoms with Gasteiger partial charge in [-0.25, -0.2) is 4.79 Å². The fourth-order valence-corrected chi connectivity index (χ4v) is 1.91. The Hall–Kier alpha value is 0.120. The van der Waals surface area contributed by atoms with Gasteiger partial charge in [-0.3, -0.25) is 0 Å². The van der Waals surface area contributed by atoms with E-state index in [1.54, 1.807) is 6.92 Å². The van der Waals surface area contributed by atoms with E-state index in [1.165, 1.54) is 0 Å². The summed E-state index contributed by atoms with van der Waals surface area (Å²) in [5, 5.41) is 9.43. The maximum absolute atomic E-state index is 11.5. The number of hydrogen-bond acceptors (Lipinski definition) is 3. The lowest BCUT2D eigenvalue weighted by molar-refractivity contribution is -0.895. The van der Waals surface area contributed by atoms with Gasteiger partial charge >= 0.3 is 5.97 Å². The number of rotatable bonds is 2. The molecule has 5 heteroatoms. The van der Waals surface area contributed by atoms with Crippen LogP contribution in [0.15, 0.2) is 0 Å². The molecule has 84 valence electrons. The fourth-order valence-electron chi connectivity index (χ4n) is 1.91. The highest BCUT2D eigenvalue weighted by Crippen LogP contribution is 2.23. The zero-order chi connectivity index (χ0) is 10.1. The van der Waals surface area contributed by atoms with Crippen LogP contribution in [0.3, 0.4) is 0 Å². The number of carbonyl (C=O) groups is 1. The first-order valence-electron chi connectivity index (χ1n) is 4.64. The lowest BCUT2D eigenvalue weighted by Crippen LogP contribution is -3.00. The molecule has 0 spiro atoms. The van der Waals surface area contributed by atoms with Crippen molar-refractivity contribution in [1.82, 2.24) is 0 Å². The van der Waals surface area contributed by atoms with Gasteiger partial charge in [0.2, 0.25) is 0 Å². The summed E-state index contributed by atoms with van der Waals surface area (Å²) in [6.45, 7) is 2.83. The first-order chi connectivity index (χ1) is 5.97. The number of carbonyl (C=O) groups excluding carboxylic acids is 1. The van der Waals surface area contributed by atoms with Gasteiger partial charge in [0.05, 0.1) is 20.7 Å². The second-order valence-corrected chi connectivity index (χ2v) is 4.12. The van der Waals surface area contributed by atoms with Crippen LogP contribution in [-0.4, -0.2) is 55.0 Å². The molecule has 1 heterocycles. The van der Waals surface area contributed by atoms with Crippen LogP contribution in [-0.2, 0) is 9.53 Å². The van der Waals surface area contributed by atoms with Gasteiger partial charge in [-0.2, -0.15) is 0 Å². The van der Waals surface area contributed by atoms with Gasteiger partial charge in [0.1, 0.15) is 12.6 Å². The van der Waals surface area contributed by atoms with Crippen molar-refractivity contribution in [2.24, 2.45) is 0 Å². The molecule has 1 rings (SSSR count). The Balaban J connectivity index is 0.00000169. The van der Waals surface area contributed by atoms with Gasteiger partial charge in [-0.1, -0.05) is 0 Å². The normalized spacial score (nSPS) is 29.4. The Morgan fingerprint density at radius 3 is 2.50 bits per heavy atom. The number of quaternary nitrogens is 1. The van der Waals surface area contributed by atoms with Crippen molar-refractivity contribution in [3.8, 4) is 0 Å². The highest BCUT2D eigenvalue weighted by atomic mass is 127. The predicted octanol–water partition coefficient (Wildman–Crippen LogP) is -3.24. The van der Waals surface area contributed by atoms with Crippen molar-refractivity contribution in [2.45, 2.75) is 25.5 Å². The van der Waals surface area contributed by atoms with Crippen LogP contribution in [0.2, 0.25) is 0 Å². The third-order valence-corrected chi connectivity index (χ3v) is 2.58. The first-order valence-corrected chi connectivity index (χ1v) is 4.64. The average Bonchev–Trinajstić information content (AvgIpc) is 2.24. The van der Waals surface area contributed by atoms with Gasteiger partial charge in [-0.05, 0) is 6.92 Å². The van der Waals surface area contributed by atoms with Crippen molar-refractivity contribution < 1.29 is 43.1 Å². The van der Waals surface area contributed by atoms with E-state index in [4.69, 9.17) is 4.74 Å². The van der Waals surface area contributed by atoms with Crippen LogP contribution in [0.4, 0.5) is 0 Å². The number of halogens is 1. The number of likely N-dealkylation sites (N-methyl/N-ethyl adjacent to an activating group) is 1. The molecule has 1 saturated heterocycles. The van der Waals surface area contributed by atoms with Gasteiger partial charge in [0, 0.05) is 6.42 Å². The van der Waals surface area contributed by atoms with Gasteiger partial charge in [0.25, 0.3) is 0 Å². The van der Waals surface area contributed by atoms with Crippen LogP contribution in [0, 0.1) is 0 Å². The fraction of sp³-hybridized carbons (Fsp3) is 0.889. The number of aliphatic hydroxyl groups excluding tert-OH is 1.